The Morgan fingerprint density at radius 3 is 2.53 bits per heavy atom. The minimum Gasteiger partial charge on any atom is -0.389 e. The average Bonchev–Trinajstić information content (AvgIpc) is 2.72. The van der Waals surface area contributed by atoms with Gasteiger partial charge in [0.1, 0.15) is 0 Å². The zero-order valence-electron chi connectivity index (χ0n) is 12.6. The Balaban J connectivity index is 2.47. The van der Waals surface area contributed by atoms with Gasteiger partial charge in [0.05, 0.1) is 10.9 Å². The Labute approximate surface area is 117 Å². The van der Waals surface area contributed by atoms with Crippen LogP contribution in [0.4, 0.5) is 0 Å². The van der Waals surface area contributed by atoms with Crippen molar-refractivity contribution in [1.82, 2.24) is 5.32 Å². The molecule has 1 fully saturated rings. The zero-order chi connectivity index (χ0) is 14.7. The van der Waals surface area contributed by atoms with Crippen LogP contribution >= 0.6 is 0 Å². The lowest BCUT2D eigenvalue weighted by atomic mass is 9.95. The van der Waals surface area contributed by atoms with Gasteiger partial charge >= 0.3 is 0 Å². The van der Waals surface area contributed by atoms with E-state index in [0.29, 0.717) is 12.5 Å². The average molecular weight is 291 g/mol. The van der Waals surface area contributed by atoms with Crippen LogP contribution in [-0.4, -0.2) is 43.2 Å². The van der Waals surface area contributed by atoms with E-state index in [1.807, 2.05) is 6.92 Å². The summed E-state index contributed by atoms with van der Waals surface area (Å²) in [6.07, 6.45) is 5.61. The van der Waals surface area contributed by atoms with Crippen molar-refractivity contribution in [2.24, 2.45) is 5.92 Å². The predicted octanol–water partition coefficient (Wildman–Crippen LogP) is 1.73. The molecule has 0 amide bonds. The van der Waals surface area contributed by atoms with Crippen molar-refractivity contribution in [3.05, 3.63) is 0 Å². The maximum atomic E-state index is 11.7. The number of hydrogen-bond donors (Lipinski definition) is 2. The number of rotatable bonds is 7. The summed E-state index contributed by atoms with van der Waals surface area (Å²) < 4.78 is 23.4. The van der Waals surface area contributed by atoms with E-state index in [0.717, 1.165) is 32.1 Å². The molecule has 0 spiro atoms. The highest BCUT2D eigenvalue weighted by Crippen LogP contribution is 2.26. The quantitative estimate of drug-likeness (QED) is 0.749. The predicted molar refractivity (Wildman–Crippen MR) is 79.0 cm³/mol. The third kappa shape index (κ3) is 5.79. The third-order valence-electron chi connectivity index (χ3n) is 4.01. The van der Waals surface area contributed by atoms with Crippen molar-refractivity contribution in [1.29, 1.82) is 0 Å². The Bertz CT molecular complexity index is 376. The second kappa shape index (κ2) is 6.55. The lowest BCUT2D eigenvalue weighted by Gasteiger charge is -2.28. The monoisotopic (exact) mass is 291 g/mol. The zero-order valence-corrected chi connectivity index (χ0v) is 13.5. The van der Waals surface area contributed by atoms with E-state index in [1.165, 1.54) is 6.26 Å². The molecule has 0 aromatic heterocycles. The summed E-state index contributed by atoms with van der Waals surface area (Å²) in [4.78, 5) is 0. The topological polar surface area (TPSA) is 66.4 Å². The van der Waals surface area contributed by atoms with Crippen LogP contribution in [0.25, 0.3) is 0 Å². The summed E-state index contributed by atoms with van der Waals surface area (Å²) in [5.41, 5.74) is -0.755. The molecule has 1 rings (SSSR count). The highest BCUT2D eigenvalue weighted by atomic mass is 32.2. The summed E-state index contributed by atoms with van der Waals surface area (Å²) in [5, 5.41) is 13.3. The molecule has 1 saturated carbocycles. The minimum absolute atomic E-state index is 0.000486. The van der Waals surface area contributed by atoms with Crippen molar-refractivity contribution in [3.63, 3.8) is 0 Å². The normalized spacial score (nSPS) is 27.7. The number of hydrogen-bond acceptors (Lipinski definition) is 4. The molecule has 0 bridgehead atoms. The smallest absolute Gasteiger partial charge is 0.151 e. The first kappa shape index (κ1) is 16.9. The van der Waals surface area contributed by atoms with Crippen LogP contribution in [0.5, 0.6) is 0 Å². The second-order valence-corrected chi connectivity index (χ2v) is 8.98. The first-order chi connectivity index (χ1) is 8.62. The Hall–Kier alpha value is -0.130. The summed E-state index contributed by atoms with van der Waals surface area (Å²) in [6.45, 7) is 6.57. The molecule has 1 aliphatic carbocycles. The maximum Gasteiger partial charge on any atom is 0.151 e. The fourth-order valence-electron chi connectivity index (χ4n) is 2.71. The molecule has 5 heteroatoms. The van der Waals surface area contributed by atoms with Gasteiger partial charge in [-0.25, -0.2) is 8.42 Å². The second-order valence-electron chi connectivity index (χ2n) is 6.72. The minimum atomic E-state index is -2.99. The van der Waals surface area contributed by atoms with Gasteiger partial charge in [-0.2, -0.15) is 0 Å². The lowest BCUT2D eigenvalue weighted by Crippen LogP contribution is -2.47. The molecule has 0 aromatic rings. The van der Waals surface area contributed by atoms with Gasteiger partial charge in [0, 0.05) is 18.8 Å². The van der Waals surface area contributed by atoms with Crippen LogP contribution in [0.3, 0.4) is 0 Å². The van der Waals surface area contributed by atoms with Gasteiger partial charge in [0.2, 0.25) is 0 Å². The van der Waals surface area contributed by atoms with Gasteiger partial charge in [-0.3, -0.25) is 0 Å². The molecule has 3 atom stereocenters. The summed E-state index contributed by atoms with van der Waals surface area (Å²) in [6, 6.07) is 0.000486. The molecule has 1 aliphatic rings. The van der Waals surface area contributed by atoms with E-state index < -0.39 is 15.4 Å². The highest BCUT2D eigenvalue weighted by molar-refractivity contribution is 7.91. The van der Waals surface area contributed by atoms with Crippen LogP contribution in [0.2, 0.25) is 0 Å². The van der Waals surface area contributed by atoms with E-state index in [2.05, 4.69) is 19.2 Å². The Morgan fingerprint density at radius 2 is 2.00 bits per heavy atom. The molecule has 3 unspecified atom stereocenters. The van der Waals surface area contributed by atoms with Crippen LogP contribution in [0, 0.1) is 5.92 Å². The summed E-state index contributed by atoms with van der Waals surface area (Å²) >= 11 is 0. The van der Waals surface area contributed by atoms with E-state index >= 15 is 0 Å². The third-order valence-corrected chi connectivity index (χ3v) is 5.67. The molecule has 0 heterocycles. The van der Waals surface area contributed by atoms with Gasteiger partial charge < -0.3 is 10.4 Å². The fraction of sp³-hybridized carbons (Fsp3) is 1.00. The van der Waals surface area contributed by atoms with E-state index in [9.17, 15) is 13.5 Å². The number of sulfone groups is 1. The number of nitrogens with one attached hydrogen (secondary N) is 1. The summed E-state index contributed by atoms with van der Waals surface area (Å²) in [5.74, 6) is 0.571. The van der Waals surface area contributed by atoms with E-state index in [4.69, 9.17) is 0 Å². The fourth-order valence-corrected chi connectivity index (χ4v) is 4.13. The van der Waals surface area contributed by atoms with Crippen molar-refractivity contribution in [2.75, 3.05) is 12.8 Å². The van der Waals surface area contributed by atoms with E-state index in [-0.39, 0.29) is 11.3 Å². The van der Waals surface area contributed by atoms with E-state index in [1.54, 1.807) is 0 Å². The molecule has 4 nitrogen and oxygen atoms in total. The van der Waals surface area contributed by atoms with Gasteiger partial charge in [-0.05, 0) is 38.5 Å². The molecule has 114 valence electrons. The lowest BCUT2D eigenvalue weighted by molar-refractivity contribution is 0.0428. The van der Waals surface area contributed by atoms with Crippen LogP contribution in [0.15, 0.2) is 0 Å². The van der Waals surface area contributed by atoms with Crippen LogP contribution in [0.1, 0.15) is 52.9 Å². The molecule has 19 heavy (non-hydrogen) atoms. The van der Waals surface area contributed by atoms with Crippen LogP contribution in [-0.2, 0) is 9.84 Å². The van der Waals surface area contributed by atoms with Gasteiger partial charge in [0.25, 0.3) is 0 Å². The molecule has 0 aromatic carbocycles. The first-order valence-electron chi connectivity index (χ1n) is 7.26. The highest BCUT2D eigenvalue weighted by Gasteiger charge is 2.35. The maximum absolute atomic E-state index is 11.7. The van der Waals surface area contributed by atoms with Crippen molar-refractivity contribution in [2.45, 2.75) is 69.8 Å². The molecule has 2 N–H and O–H groups in total. The van der Waals surface area contributed by atoms with Crippen molar-refractivity contribution in [3.8, 4) is 0 Å². The van der Waals surface area contributed by atoms with Gasteiger partial charge in [0.15, 0.2) is 9.84 Å². The molecule has 0 saturated heterocycles. The largest absolute Gasteiger partial charge is 0.389 e. The van der Waals surface area contributed by atoms with Gasteiger partial charge in [-0.1, -0.05) is 20.3 Å². The molecular weight excluding hydrogens is 262 g/mol. The standard InChI is InChI=1S/C14H29NO3S/c1-11(2)8-9-14(3,16)10-15-12-6-5-7-13(12)19(4,17)18/h11-13,15-16H,5-10H2,1-4H3. The molecule has 0 aliphatic heterocycles. The number of aliphatic hydroxyl groups is 1. The Kier molecular flexibility index (Phi) is 5.83. The summed E-state index contributed by atoms with van der Waals surface area (Å²) in [7, 11) is -2.99. The SMILES string of the molecule is CC(C)CCC(C)(O)CNC1CCCC1S(C)(=O)=O. The molecular formula is C14H29NO3S. The van der Waals surface area contributed by atoms with Crippen molar-refractivity contribution < 1.29 is 13.5 Å². The van der Waals surface area contributed by atoms with Crippen LogP contribution < -0.4 is 5.32 Å². The van der Waals surface area contributed by atoms with Gasteiger partial charge in [-0.15, -0.1) is 0 Å². The molecule has 0 radical (unpaired) electrons. The van der Waals surface area contributed by atoms with Crippen molar-refractivity contribution >= 4 is 9.84 Å². The first-order valence-corrected chi connectivity index (χ1v) is 9.22. The Morgan fingerprint density at radius 1 is 1.37 bits per heavy atom.